The highest BCUT2D eigenvalue weighted by atomic mass is 16.4. The Labute approximate surface area is 99.8 Å². The number of likely N-dealkylation sites (N-methyl/N-ethyl adjacent to an activating group) is 1. The van der Waals surface area contributed by atoms with Crippen LogP contribution in [-0.4, -0.2) is 30.1 Å². The third-order valence-corrected chi connectivity index (χ3v) is 2.74. The summed E-state index contributed by atoms with van der Waals surface area (Å²) in [6.45, 7) is 3.89. The molecule has 1 rings (SSSR count). The lowest BCUT2D eigenvalue weighted by molar-refractivity contribution is -0.142. The van der Waals surface area contributed by atoms with Crippen LogP contribution in [0.2, 0.25) is 0 Å². The Kier molecular flexibility index (Phi) is 3.85. The van der Waals surface area contributed by atoms with Crippen LogP contribution in [-0.2, 0) is 9.59 Å². The molecule has 1 aromatic carbocycles. The van der Waals surface area contributed by atoms with E-state index in [0.29, 0.717) is 5.69 Å². The summed E-state index contributed by atoms with van der Waals surface area (Å²) in [6.07, 6.45) is 0. The zero-order valence-electron chi connectivity index (χ0n) is 10.1. The molecule has 5 heteroatoms. The van der Waals surface area contributed by atoms with Crippen LogP contribution in [0.3, 0.4) is 0 Å². The van der Waals surface area contributed by atoms with E-state index in [1.54, 1.807) is 6.07 Å². The molecule has 1 unspecified atom stereocenters. The molecule has 0 saturated carbocycles. The van der Waals surface area contributed by atoms with Crippen molar-refractivity contribution < 1.29 is 14.7 Å². The number of hydrogen-bond donors (Lipinski definition) is 2. The summed E-state index contributed by atoms with van der Waals surface area (Å²) < 4.78 is 0. The molecule has 0 aromatic heterocycles. The summed E-state index contributed by atoms with van der Waals surface area (Å²) in [5, 5.41) is 8.67. The molecule has 0 bridgehead atoms. The van der Waals surface area contributed by atoms with Gasteiger partial charge >= 0.3 is 5.97 Å². The Balaban J connectivity index is 2.96. The number of carbonyl (C=O) groups excluding carboxylic acids is 1. The summed E-state index contributed by atoms with van der Waals surface area (Å²) in [5.74, 6) is -1.97. The summed E-state index contributed by atoms with van der Waals surface area (Å²) >= 11 is 0. The molecule has 0 spiro atoms. The molecular weight excluding hydrogens is 220 g/mol. The van der Waals surface area contributed by atoms with Gasteiger partial charge in [-0.15, -0.1) is 0 Å². The molecule has 1 aromatic rings. The lowest BCUT2D eigenvalue weighted by Crippen LogP contribution is -2.46. The number of hydrogen-bond acceptors (Lipinski definition) is 3. The number of amides is 1. The van der Waals surface area contributed by atoms with Crippen molar-refractivity contribution in [2.75, 3.05) is 11.9 Å². The third-order valence-electron chi connectivity index (χ3n) is 2.74. The van der Waals surface area contributed by atoms with E-state index in [4.69, 9.17) is 10.8 Å². The molecule has 0 heterocycles. The first-order valence-electron chi connectivity index (χ1n) is 5.17. The van der Waals surface area contributed by atoms with Crippen LogP contribution in [0.15, 0.2) is 18.2 Å². The molecular formula is C12H16N2O3. The van der Waals surface area contributed by atoms with Crippen molar-refractivity contribution >= 4 is 17.6 Å². The molecule has 5 nitrogen and oxygen atoms in total. The fourth-order valence-corrected chi connectivity index (χ4v) is 1.38. The van der Waals surface area contributed by atoms with Gasteiger partial charge in [0.05, 0.1) is 0 Å². The number of benzene rings is 1. The van der Waals surface area contributed by atoms with Crippen molar-refractivity contribution in [3.63, 3.8) is 0 Å². The molecule has 0 aliphatic carbocycles. The van der Waals surface area contributed by atoms with Crippen molar-refractivity contribution in [2.45, 2.75) is 19.9 Å². The second kappa shape index (κ2) is 4.97. The fourth-order valence-electron chi connectivity index (χ4n) is 1.38. The number of carboxylic acids is 1. The third kappa shape index (κ3) is 2.82. The maximum Gasteiger partial charge on any atom is 0.330 e. The van der Waals surface area contributed by atoms with Gasteiger partial charge in [0.25, 0.3) is 5.91 Å². The van der Waals surface area contributed by atoms with Crippen molar-refractivity contribution in [1.29, 1.82) is 0 Å². The molecule has 0 fully saturated rings. The van der Waals surface area contributed by atoms with E-state index in [9.17, 15) is 9.59 Å². The number of nitrogens with zero attached hydrogens (tertiary/aromatic N) is 1. The average Bonchev–Trinajstić information content (AvgIpc) is 2.29. The molecule has 0 radical (unpaired) electrons. The lowest BCUT2D eigenvalue weighted by Gasteiger charge is -2.20. The first-order valence-corrected chi connectivity index (χ1v) is 5.17. The SMILES string of the molecule is Cc1ccc(N(C)C(=O)C(N)C(=O)O)cc1C. The maximum atomic E-state index is 11.7. The Morgan fingerprint density at radius 1 is 1.29 bits per heavy atom. The van der Waals surface area contributed by atoms with E-state index in [1.165, 1.54) is 11.9 Å². The molecule has 1 amide bonds. The summed E-state index contributed by atoms with van der Waals surface area (Å²) in [7, 11) is 1.51. The minimum atomic E-state index is -1.53. The Hall–Kier alpha value is -1.88. The van der Waals surface area contributed by atoms with Crippen molar-refractivity contribution in [2.24, 2.45) is 5.73 Å². The summed E-state index contributed by atoms with van der Waals surface area (Å²) in [6, 6.07) is 3.93. The Morgan fingerprint density at radius 2 is 1.88 bits per heavy atom. The van der Waals surface area contributed by atoms with Gasteiger partial charge in [0.15, 0.2) is 6.04 Å². The average molecular weight is 236 g/mol. The topological polar surface area (TPSA) is 83.6 Å². The predicted molar refractivity (Wildman–Crippen MR) is 64.9 cm³/mol. The summed E-state index contributed by atoms with van der Waals surface area (Å²) in [4.78, 5) is 23.6. The zero-order valence-corrected chi connectivity index (χ0v) is 10.1. The van der Waals surface area contributed by atoms with Crippen LogP contribution in [0.4, 0.5) is 5.69 Å². The highest BCUT2D eigenvalue weighted by Crippen LogP contribution is 2.18. The van der Waals surface area contributed by atoms with Crippen molar-refractivity contribution in [3.8, 4) is 0 Å². The van der Waals surface area contributed by atoms with E-state index < -0.39 is 17.9 Å². The largest absolute Gasteiger partial charge is 0.480 e. The fraction of sp³-hybridized carbons (Fsp3) is 0.333. The molecule has 0 aliphatic heterocycles. The first kappa shape index (κ1) is 13.2. The van der Waals surface area contributed by atoms with Gasteiger partial charge in [0, 0.05) is 12.7 Å². The van der Waals surface area contributed by atoms with Gasteiger partial charge in [-0.2, -0.15) is 0 Å². The van der Waals surface area contributed by atoms with Gasteiger partial charge in [-0.3, -0.25) is 4.79 Å². The monoisotopic (exact) mass is 236 g/mol. The number of aliphatic carboxylic acids is 1. The van der Waals surface area contributed by atoms with Crippen molar-refractivity contribution in [1.82, 2.24) is 0 Å². The molecule has 1 atom stereocenters. The van der Waals surface area contributed by atoms with E-state index in [-0.39, 0.29) is 0 Å². The lowest BCUT2D eigenvalue weighted by atomic mass is 10.1. The molecule has 92 valence electrons. The van der Waals surface area contributed by atoms with E-state index >= 15 is 0 Å². The van der Waals surface area contributed by atoms with Gasteiger partial charge in [-0.1, -0.05) is 6.07 Å². The van der Waals surface area contributed by atoms with E-state index in [0.717, 1.165) is 11.1 Å². The summed E-state index contributed by atoms with van der Waals surface area (Å²) in [5.41, 5.74) is 8.05. The molecule has 0 saturated heterocycles. The highest BCUT2D eigenvalue weighted by Gasteiger charge is 2.25. The number of anilines is 1. The smallest absolute Gasteiger partial charge is 0.330 e. The molecule has 17 heavy (non-hydrogen) atoms. The predicted octanol–water partition coefficient (Wildman–Crippen LogP) is 0.678. The van der Waals surface area contributed by atoms with Gasteiger partial charge in [-0.05, 0) is 37.1 Å². The van der Waals surface area contributed by atoms with E-state index in [1.807, 2.05) is 26.0 Å². The second-order valence-corrected chi connectivity index (χ2v) is 3.98. The highest BCUT2D eigenvalue weighted by molar-refractivity contribution is 6.08. The van der Waals surface area contributed by atoms with Gasteiger partial charge in [0.1, 0.15) is 0 Å². The number of carboxylic acid groups (broad SMARTS) is 1. The number of carbonyl (C=O) groups is 2. The number of aryl methyl sites for hydroxylation is 2. The van der Waals surface area contributed by atoms with Crippen molar-refractivity contribution in [3.05, 3.63) is 29.3 Å². The minimum Gasteiger partial charge on any atom is -0.480 e. The quantitative estimate of drug-likeness (QED) is 0.756. The first-order chi connectivity index (χ1) is 7.84. The Bertz CT molecular complexity index is 457. The second-order valence-electron chi connectivity index (χ2n) is 3.98. The van der Waals surface area contributed by atoms with Gasteiger partial charge < -0.3 is 15.7 Å². The van der Waals surface area contributed by atoms with Crippen LogP contribution >= 0.6 is 0 Å². The maximum absolute atomic E-state index is 11.7. The molecule has 0 aliphatic rings. The number of nitrogens with two attached hydrogens (primary N) is 1. The normalized spacial score (nSPS) is 12.0. The zero-order chi connectivity index (χ0) is 13.2. The minimum absolute atomic E-state index is 0.634. The van der Waals surface area contributed by atoms with Crippen LogP contribution in [0.25, 0.3) is 0 Å². The van der Waals surface area contributed by atoms with Gasteiger partial charge in [-0.25, -0.2) is 4.79 Å². The number of rotatable bonds is 3. The van der Waals surface area contributed by atoms with Crippen LogP contribution in [0.1, 0.15) is 11.1 Å². The van der Waals surface area contributed by atoms with E-state index in [2.05, 4.69) is 0 Å². The van der Waals surface area contributed by atoms with Crippen LogP contribution < -0.4 is 10.6 Å². The van der Waals surface area contributed by atoms with Crippen LogP contribution in [0.5, 0.6) is 0 Å². The van der Waals surface area contributed by atoms with Gasteiger partial charge in [0.2, 0.25) is 0 Å². The molecule has 3 N–H and O–H groups in total. The van der Waals surface area contributed by atoms with Crippen LogP contribution in [0, 0.1) is 13.8 Å². The Morgan fingerprint density at radius 3 is 2.35 bits per heavy atom. The standard InChI is InChI=1S/C12H16N2O3/c1-7-4-5-9(6-8(7)2)14(3)11(15)10(13)12(16)17/h4-6,10H,13H2,1-3H3,(H,16,17).